The van der Waals surface area contributed by atoms with Crippen molar-refractivity contribution >= 4 is 28.3 Å². The second-order valence-corrected chi connectivity index (χ2v) is 8.61. The highest BCUT2D eigenvalue weighted by molar-refractivity contribution is 7.14. The molecule has 3 rings (SSSR count). The number of furan rings is 1. The number of nitrogens with one attached hydrogen (secondary N) is 2. The molecule has 0 radical (unpaired) electrons. The van der Waals surface area contributed by atoms with Crippen LogP contribution in [0.1, 0.15) is 49.7 Å². The summed E-state index contributed by atoms with van der Waals surface area (Å²) in [6, 6.07) is 11.6. The highest BCUT2D eigenvalue weighted by Crippen LogP contribution is 2.28. The Balaban J connectivity index is 1.46. The van der Waals surface area contributed by atoms with E-state index in [1.54, 1.807) is 12.1 Å². The second-order valence-electron chi connectivity index (χ2n) is 7.75. The second kappa shape index (κ2) is 9.05. The maximum atomic E-state index is 12.1. The van der Waals surface area contributed by atoms with Crippen LogP contribution in [0.4, 0.5) is 5.13 Å². The molecule has 2 aromatic heterocycles. The molecule has 0 saturated heterocycles. The standard InChI is InChI=1S/C22H25N3O3S/c1-22(2,3)16-10-8-15(9-11-16)17-14-29-21(24-17)25-19(26)7-4-12-23-20(27)18-6-5-13-28-18/h5-6,8-11,13-14H,4,7,12H2,1-3H3,(H,23,27)(H,24,25,26). The molecular weight excluding hydrogens is 386 g/mol. The van der Waals surface area contributed by atoms with Crippen LogP contribution in [0.2, 0.25) is 0 Å². The fourth-order valence-corrected chi connectivity index (χ4v) is 3.47. The number of rotatable bonds is 7. The van der Waals surface area contributed by atoms with E-state index in [0.29, 0.717) is 24.5 Å². The van der Waals surface area contributed by atoms with Gasteiger partial charge in [0.15, 0.2) is 10.9 Å². The molecule has 2 heterocycles. The van der Waals surface area contributed by atoms with Gasteiger partial charge >= 0.3 is 0 Å². The van der Waals surface area contributed by atoms with Crippen molar-refractivity contribution < 1.29 is 14.0 Å². The van der Waals surface area contributed by atoms with Crippen LogP contribution in [-0.2, 0) is 10.2 Å². The number of carbonyl (C=O) groups is 2. The van der Waals surface area contributed by atoms with Gasteiger partial charge in [-0.25, -0.2) is 4.98 Å². The van der Waals surface area contributed by atoms with Crippen LogP contribution in [0.3, 0.4) is 0 Å². The Morgan fingerprint density at radius 3 is 2.55 bits per heavy atom. The molecule has 0 saturated carbocycles. The third-order valence-electron chi connectivity index (χ3n) is 4.41. The quantitative estimate of drug-likeness (QED) is 0.544. The fraction of sp³-hybridized carbons (Fsp3) is 0.318. The van der Waals surface area contributed by atoms with E-state index in [1.807, 2.05) is 5.38 Å². The molecule has 1 aromatic carbocycles. The number of anilines is 1. The summed E-state index contributed by atoms with van der Waals surface area (Å²) in [4.78, 5) is 28.4. The number of nitrogens with zero attached hydrogens (tertiary/aromatic N) is 1. The lowest BCUT2D eigenvalue weighted by atomic mass is 9.86. The van der Waals surface area contributed by atoms with Crippen molar-refractivity contribution in [2.45, 2.75) is 39.0 Å². The van der Waals surface area contributed by atoms with Gasteiger partial charge in [0.2, 0.25) is 5.91 Å². The minimum Gasteiger partial charge on any atom is -0.459 e. The average molecular weight is 412 g/mol. The van der Waals surface area contributed by atoms with Crippen LogP contribution in [0.5, 0.6) is 0 Å². The largest absolute Gasteiger partial charge is 0.459 e. The molecule has 0 fully saturated rings. The zero-order valence-electron chi connectivity index (χ0n) is 16.8. The van der Waals surface area contributed by atoms with Crippen molar-refractivity contribution in [2.75, 3.05) is 11.9 Å². The Kier molecular flexibility index (Phi) is 6.49. The summed E-state index contributed by atoms with van der Waals surface area (Å²) >= 11 is 1.40. The van der Waals surface area contributed by atoms with Crippen molar-refractivity contribution in [3.63, 3.8) is 0 Å². The summed E-state index contributed by atoms with van der Waals surface area (Å²) in [5.41, 5.74) is 3.24. The van der Waals surface area contributed by atoms with E-state index in [4.69, 9.17) is 4.42 Å². The number of amides is 2. The lowest BCUT2D eigenvalue weighted by Gasteiger charge is -2.18. The lowest BCUT2D eigenvalue weighted by molar-refractivity contribution is -0.116. The van der Waals surface area contributed by atoms with Gasteiger partial charge in [-0.3, -0.25) is 9.59 Å². The molecule has 0 atom stereocenters. The topological polar surface area (TPSA) is 84.2 Å². The molecule has 2 N–H and O–H groups in total. The van der Waals surface area contributed by atoms with E-state index in [0.717, 1.165) is 11.3 Å². The van der Waals surface area contributed by atoms with Crippen LogP contribution in [-0.4, -0.2) is 23.3 Å². The Morgan fingerprint density at radius 2 is 1.90 bits per heavy atom. The van der Waals surface area contributed by atoms with E-state index in [-0.39, 0.29) is 23.0 Å². The van der Waals surface area contributed by atoms with Gasteiger partial charge in [-0.05, 0) is 29.5 Å². The Morgan fingerprint density at radius 1 is 1.14 bits per heavy atom. The van der Waals surface area contributed by atoms with Gasteiger partial charge < -0.3 is 15.1 Å². The first kappa shape index (κ1) is 20.8. The van der Waals surface area contributed by atoms with Gasteiger partial charge in [0.1, 0.15) is 0 Å². The summed E-state index contributed by atoms with van der Waals surface area (Å²) < 4.78 is 5.02. The number of aromatic nitrogens is 1. The zero-order valence-corrected chi connectivity index (χ0v) is 17.6. The molecule has 0 bridgehead atoms. The number of thiazole rings is 1. The van der Waals surface area contributed by atoms with E-state index in [1.165, 1.54) is 23.2 Å². The molecule has 3 aromatic rings. The van der Waals surface area contributed by atoms with Gasteiger partial charge in [0, 0.05) is 23.9 Å². The first-order valence-corrected chi connectivity index (χ1v) is 10.4. The molecule has 0 aliphatic carbocycles. The highest BCUT2D eigenvalue weighted by atomic mass is 32.1. The summed E-state index contributed by atoms with van der Waals surface area (Å²) in [5, 5.41) is 8.05. The molecule has 0 aliphatic heterocycles. The van der Waals surface area contributed by atoms with Crippen LogP contribution >= 0.6 is 11.3 Å². The molecule has 6 nitrogen and oxygen atoms in total. The van der Waals surface area contributed by atoms with E-state index in [9.17, 15) is 9.59 Å². The van der Waals surface area contributed by atoms with Gasteiger partial charge in [-0.1, -0.05) is 45.0 Å². The molecule has 0 unspecified atom stereocenters. The molecule has 0 spiro atoms. The monoisotopic (exact) mass is 411 g/mol. The zero-order chi connectivity index (χ0) is 20.9. The minimum absolute atomic E-state index is 0.108. The molecule has 7 heteroatoms. The molecule has 2 amide bonds. The van der Waals surface area contributed by atoms with Crippen LogP contribution < -0.4 is 10.6 Å². The lowest BCUT2D eigenvalue weighted by Crippen LogP contribution is -2.25. The molecule has 152 valence electrons. The number of carbonyl (C=O) groups excluding carboxylic acids is 2. The van der Waals surface area contributed by atoms with Gasteiger partial charge in [-0.2, -0.15) is 0 Å². The maximum Gasteiger partial charge on any atom is 0.286 e. The van der Waals surface area contributed by atoms with Crippen LogP contribution in [0.25, 0.3) is 11.3 Å². The summed E-state index contributed by atoms with van der Waals surface area (Å²) in [5.74, 6) is -0.140. The average Bonchev–Trinajstić information content (AvgIpc) is 3.37. The van der Waals surface area contributed by atoms with E-state index < -0.39 is 0 Å². The van der Waals surface area contributed by atoms with Crippen molar-refractivity contribution in [1.82, 2.24) is 10.3 Å². The third-order valence-corrected chi connectivity index (χ3v) is 5.17. The SMILES string of the molecule is CC(C)(C)c1ccc(-c2csc(NC(=O)CCCNC(=O)c3ccco3)n2)cc1. The first-order valence-electron chi connectivity index (χ1n) is 9.51. The van der Waals surface area contributed by atoms with Crippen molar-refractivity contribution in [2.24, 2.45) is 0 Å². The Labute approximate surface area is 174 Å². The van der Waals surface area contributed by atoms with Gasteiger partial charge in [0.05, 0.1) is 12.0 Å². The normalized spacial score (nSPS) is 11.3. The van der Waals surface area contributed by atoms with Crippen molar-refractivity contribution in [3.05, 3.63) is 59.4 Å². The molecule has 0 aliphatic rings. The number of hydrogen-bond donors (Lipinski definition) is 2. The summed E-state index contributed by atoms with van der Waals surface area (Å²) in [6.07, 6.45) is 2.28. The summed E-state index contributed by atoms with van der Waals surface area (Å²) in [6.45, 7) is 6.94. The first-order chi connectivity index (χ1) is 13.8. The fourth-order valence-electron chi connectivity index (χ4n) is 2.73. The Hall–Kier alpha value is -2.93. The maximum absolute atomic E-state index is 12.1. The number of hydrogen-bond acceptors (Lipinski definition) is 5. The third kappa shape index (κ3) is 5.77. The van der Waals surface area contributed by atoms with Gasteiger partial charge in [-0.15, -0.1) is 11.3 Å². The highest BCUT2D eigenvalue weighted by Gasteiger charge is 2.14. The Bertz CT molecular complexity index is 954. The van der Waals surface area contributed by atoms with Crippen LogP contribution in [0, 0.1) is 0 Å². The van der Waals surface area contributed by atoms with Gasteiger partial charge in [0.25, 0.3) is 5.91 Å². The van der Waals surface area contributed by atoms with Crippen LogP contribution in [0.15, 0.2) is 52.5 Å². The van der Waals surface area contributed by atoms with Crippen molar-refractivity contribution in [1.29, 1.82) is 0 Å². The smallest absolute Gasteiger partial charge is 0.286 e. The van der Waals surface area contributed by atoms with E-state index >= 15 is 0 Å². The summed E-state index contributed by atoms with van der Waals surface area (Å²) in [7, 11) is 0. The molecule has 29 heavy (non-hydrogen) atoms. The van der Waals surface area contributed by atoms with E-state index in [2.05, 4.69) is 60.7 Å². The number of benzene rings is 1. The molecular formula is C22H25N3O3S. The minimum atomic E-state index is -0.280. The predicted octanol–water partition coefficient (Wildman–Crippen LogP) is 4.85. The van der Waals surface area contributed by atoms with Crippen molar-refractivity contribution in [3.8, 4) is 11.3 Å². The predicted molar refractivity (Wildman–Crippen MR) is 115 cm³/mol.